The Hall–Kier alpha value is 0.164. The minimum Gasteiger partial charge on any atom is -0.414 e. The van der Waals surface area contributed by atoms with Gasteiger partial charge in [-0.2, -0.15) is 0 Å². The maximum Gasteiger partial charge on any atom is 0.192 e. The Kier molecular flexibility index (Phi) is 11.1. The monoisotopic (exact) mass is 591 g/mol. The molecule has 8 heteroatoms. The highest BCUT2D eigenvalue weighted by molar-refractivity contribution is 9.10. The van der Waals surface area contributed by atoms with E-state index < -0.39 is 27.6 Å². The number of hydrogen-bond donors (Lipinski definition) is 1. The Bertz CT molecular complexity index is 827. The van der Waals surface area contributed by atoms with Gasteiger partial charge in [0.15, 0.2) is 16.6 Å². The molecule has 0 saturated heterocycles. The van der Waals surface area contributed by atoms with Gasteiger partial charge >= 0.3 is 0 Å². The third-order valence-corrected chi connectivity index (χ3v) is 18.4. The summed E-state index contributed by atoms with van der Waals surface area (Å²) in [6, 6.07) is 8.19. The van der Waals surface area contributed by atoms with Crippen molar-refractivity contribution in [1.29, 1.82) is 0 Å². The lowest BCUT2D eigenvalue weighted by Crippen LogP contribution is -2.56. The first-order valence-corrected chi connectivity index (χ1v) is 20.1. The highest BCUT2D eigenvalue weighted by Gasteiger charge is 2.43. The third-order valence-electron chi connectivity index (χ3n) is 7.27. The highest BCUT2D eigenvalue weighted by atomic mass is 79.9. The van der Waals surface area contributed by atoms with Crippen LogP contribution in [-0.2, 0) is 26.3 Å². The summed E-state index contributed by atoms with van der Waals surface area (Å²) in [5, 5.41) is 0.168. The van der Waals surface area contributed by atoms with Crippen LogP contribution in [0.3, 0.4) is 0 Å². The van der Waals surface area contributed by atoms with Crippen LogP contribution in [0.5, 0.6) is 0 Å². The van der Waals surface area contributed by atoms with Crippen LogP contribution in [0.2, 0.25) is 36.3 Å². The minimum atomic E-state index is -2.11. The van der Waals surface area contributed by atoms with Gasteiger partial charge in [0, 0.05) is 4.47 Å². The summed E-state index contributed by atoms with van der Waals surface area (Å²) < 4.78 is 31.1. The lowest BCUT2D eigenvalue weighted by atomic mass is 10.0. The predicted octanol–water partition coefficient (Wildman–Crippen LogP) is 7.82. The molecule has 34 heavy (non-hydrogen) atoms. The van der Waals surface area contributed by atoms with Crippen LogP contribution in [0.25, 0.3) is 0 Å². The van der Waals surface area contributed by atoms with Gasteiger partial charge in [0.05, 0.1) is 34.5 Å². The first-order valence-electron chi connectivity index (χ1n) is 12.3. The first kappa shape index (κ1) is 32.2. The zero-order valence-electron chi connectivity index (χ0n) is 23.9. The summed E-state index contributed by atoms with van der Waals surface area (Å²) in [6.07, 6.45) is 0.502. The first-order chi connectivity index (χ1) is 15.1. The fraction of sp³-hybridized carbons (Fsp3) is 0.769. The van der Waals surface area contributed by atoms with Crippen molar-refractivity contribution in [2.75, 3.05) is 6.61 Å². The van der Waals surface area contributed by atoms with Crippen molar-refractivity contribution in [3.8, 4) is 0 Å². The van der Waals surface area contributed by atoms with Crippen molar-refractivity contribution in [3.05, 3.63) is 34.3 Å². The molecule has 1 aromatic carbocycles. The molecule has 0 unspecified atom stereocenters. The van der Waals surface area contributed by atoms with E-state index in [0.717, 1.165) is 4.47 Å². The van der Waals surface area contributed by atoms with Crippen LogP contribution in [0.15, 0.2) is 28.7 Å². The number of hydrogen-bond acceptors (Lipinski definition) is 3. The van der Waals surface area contributed by atoms with Gasteiger partial charge in [0.1, 0.15) is 0 Å². The third kappa shape index (κ3) is 9.56. The van der Waals surface area contributed by atoms with E-state index in [0.29, 0.717) is 13.0 Å². The molecule has 1 N–H and O–H groups in total. The van der Waals surface area contributed by atoms with E-state index in [4.69, 9.17) is 8.85 Å². The molecule has 0 aliphatic heterocycles. The lowest BCUT2D eigenvalue weighted by Gasteiger charge is -2.44. The van der Waals surface area contributed by atoms with Gasteiger partial charge in [-0.05, 0) is 81.2 Å². The Morgan fingerprint density at radius 1 is 0.941 bits per heavy atom. The number of halogens is 1. The molecular weight excluding hydrogens is 542 g/mol. The average Bonchev–Trinajstić information content (AvgIpc) is 2.62. The van der Waals surface area contributed by atoms with E-state index in [9.17, 15) is 4.21 Å². The van der Waals surface area contributed by atoms with Crippen molar-refractivity contribution < 1.29 is 13.1 Å². The zero-order valence-corrected chi connectivity index (χ0v) is 28.3. The number of nitrogens with one attached hydrogen (secondary N) is 1. The average molecular weight is 593 g/mol. The second-order valence-electron chi connectivity index (χ2n) is 13.4. The molecule has 4 nitrogen and oxygen atoms in total. The standard InChI is InChI=1S/C26H50BrNO3SSi2/c1-24(2,3)32(29)28-22(18-20-15-14-16-21(27)17-20)23(31-34(12,13)26(7,8)9)19-30-33(10,11)25(4,5)6/h14-17,22-23,28H,18-19H2,1-13H3/t22-,23+,32-/m0/s1. The maximum atomic E-state index is 13.3. The molecule has 0 fully saturated rings. The molecule has 0 bridgehead atoms. The highest BCUT2D eigenvalue weighted by Crippen LogP contribution is 2.39. The number of benzene rings is 1. The Morgan fingerprint density at radius 2 is 1.47 bits per heavy atom. The van der Waals surface area contributed by atoms with Crippen molar-refractivity contribution in [1.82, 2.24) is 4.72 Å². The summed E-state index contributed by atoms with van der Waals surface area (Å²) in [6.45, 7) is 29.2. The summed E-state index contributed by atoms with van der Waals surface area (Å²) in [4.78, 5) is 0. The van der Waals surface area contributed by atoms with Crippen LogP contribution in [-0.4, -0.2) is 44.3 Å². The lowest BCUT2D eigenvalue weighted by molar-refractivity contribution is 0.0823. The summed E-state index contributed by atoms with van der Waals surface area (Å²) in [5.41, 5.74) is 1.17. The van der Waals surface area contributed by atoms with Gasteiger partial charge < -0.3 is 8.85 Å². The van der Waals surface area contributed by atoms with E-state index in [-0.39, 0.29) is 27.0 Å². The van der Waals surface area contributed by atoms with Crippen LogP contribution >= 0.6 is 15.9 Å². The molecule has 1 rings (SSSR count). The van der Waals surface area contributed by atoms with Crippen molar-refractivity contribution in [2.45, 2.75) is 122 Å². The van der Waals surface area contributed by atoms with Crippen molar-refractivity contribution >= 4 is 43.6 Å². The smallest absolute Gasteiger partial charge is 0.192 e. The van der Waals surface area contributed by atoms with Crippen LogP contribution in [0, 0.1) is 0 Å². The van der Waals surface area contributed by atoms with Crippen LogP contribution < -0.4 is 4.72 Å². The normalized spacial score (nSPS) is 16.9. The molecule has 0 spiro atoms. The molecule has 0 amide bonds. The SMILES string of the molecule is CC(C)(C)[S@](=O)N[C@@H](Cc1cccc(Br)c1)[C@@H](CO[Si](C)(C)C(C)(C)C)O[Si](C)(C)C(C)(C)C. The number of rotatable bonds is 10. The van der Waals surface area contributed by atoms with Gasteiger partial charge in [-0.1, -0.05) is 69.6 Å². The zero-order chi connectivity index (χ0) is 26.8. The molecule has 0 radical (unpaired) electrons. The quantitative estimate of drug-likeness (QED) is 0.282. The molecule has 0 aliphatic rings. The molecule has 0 aromatic heterocycles. The molecular formula is C26H50BrNO3SSi2. The fourth-order valence-corrected chi connectivity index (χ4v) is 6.44. The van der Waals surface area contributed by atoms with Crippen molar-refractivity contribution in [2.24, 2.45) is 0 Å². The Morgan fingerprint density at radius 3 is 1.91 bits per heavy atom. The summed E-state index contributed by atoms with van der Waals surface area (Å²) in [7, 11) is -5.33. The largest absolute Gasteiger partial charge is 0.414 e. The Balaban J connectivity index is 3.43. The molecule has 3 atom stereocenters. The minimum absolute atomic E-state index is 0.0612. The van der Waals surface area contributed by atoms with Gasteiger partial charge in [-0.25, -0.2) is 8.93 Å². The van der Waals surface area contributed by atoms with Gasteiger partial charge in [0.25, 0.3) is 0 Å². The molecule has 198 valence electrons. The summed E-state index contributed by atoms with van der Waals surface area (Å²) >= 11 is 3.60. The fourth-order valence-electron chi connectivity index (χ4n) is 2.78. The Labute approximate surface area is 223 Å². The van der Waals surface area contributed by atoms with Gasteiger partial charge in [-0.15, -0.1) is 0 Å². The topological polar surface area (TPSA) is 47.6 Å². The molecule has 0 saturated carbocycles. The molecule has 0 heterocycles. The van der Waals surface area contributed by atoms with E-state index in [1.807, 2.05) is 32.9 Å². The van der Waals surface area contributed by atoms with Crippen LogP contribution in [0.1, 0.15) is 67.9 Å². The predicted molar refractivity (Wildman–Crippen MR) is 158 cm³/mol. The van der Waals surface area contributed by atoms with E-state index >= 15 is 0 Å². The molecule has 0 aliphatic carbocycles. The van der Waals surface area contributed by atoms with E-state index in [1.54, 1.807) is 0 Å². The van der Waals surface area contributed by atoms with Gasteiger partial charge in [0.2, 0.25) is 0 Å². The van der Waals surface area contributed by atoms with Crippen LogP contribution in [0.4, 0.5) is 0 Å². The van der Waals surface area contributed by atoms with Crippen molar-refractivity contribution in [3.63, 3.8) is 0 Å². The van der Waals surface area contributed by atoms with E-state index in [2.05, 4.69) is 101 Å². The second-order valence-corrected chi connectivity index (χ2v) is 25.9. The maximum absolute atomic E-state index is 13.3. The second kappa shape index (κ2) is 11.7. The van der Waals surface area contributed by atoms with E-state index in [1.165, 1.54) is 5.56 Å². The van der Waals surface area contributed by atoms with Gasteiger partial charge in [-0.3, -0.25) is 0 Å². The summed E-state index contributed by atoms with van der Waals surface area (Å²) in [5.74, 6) is 0. The molecule has 1 aromatic rings.